The molecule has 2 aromatic rings. The third kappa shape index (κ3) is 3.45. The Morgan fingerprint density at radius 3 is 2.62 bits per heavy atom. The lowest BCUT2D eigenvalue weighted by Crippen LogP contribution is -2.35. The Hall–Kier alpha value is -1.64. The van der Waals surface area contributed by atoms with Gasteiger partial charge >= 0.3 is 0 Å². The van der Waals surface area contributed by atoms with Gasteiger partial charge in [-0.25, -0.2) is 19.9 Å². The number of fused-ring (bicyclic) bond motifs is 2. The van der Waals surface area contributed by atoms with Crippen molar-refractivity contribution in [3.05, 3.63) is 35.1 Å². The van der Waals surface area contributed by atoms with E-state index in [-0.39, 0.29) is 17.9 Å². The molecule has 1 spiro atoms. The molecule has 2 unspecified atom stereocenters. The van der Waals surface area contributed by atoms with Crippen LogP contribution in [0.5, 0.6) is 0 Å². The van der Waals surface area contributed by atoms with Crippen molar-refractivity contribution >= 4 is 28.3 Å². The minimum absolute atomic E-state index is 0.152. The highest BCUT2D eigenvalue weighted by Gasteiger charge is 2.49. The second kappa shape index (κ2) is 7.56. The number of rotatable bonds is 3. The molecule has 2 fully saturated rings. The molecule has 1 aliphatic carbocycles. The summed E-state index contributed by atoms with van der Waals surface area (Å²) in [7, 11) is -1.04. The number of anilines is 1. The Morgan fingerprint density at radius 2 is 1.93 bits per heavy atom. The molecule has 29 heavy (non-hydrogen) atoms. The fraction of sp³-hybridized carbons (Fsp3) is 0.600. The average molecular weight is 434 g/mol. The van der Waals surface area contributed by atoms with Gasteiger partial charge in [-0.15, -0.1) is 0 Å². The van der Waals surface area contributed by atoms with Crippen LogP contribution in [0.2, 0.25) is 5.02 Å². The van der Waals surface area contributed by atoms with E-state index in [1.54, 1.807) is 18.6 Å². The number of hydrogen-bond donors (Lipinski definition) is 1. The minimum Gasteiger partial charge on any atom is -0.396 e. The lowest BCUT2D eigenvalue weighted by Gasteiger charge is -2.32. The van der Waals surface area contributed by atoms with Crippen LogP contribution in [0.15, 0.2) is 23.5 Å². The quantitative estimate of drug-likeness (QED) is 0.794. The molecule has 0 amide bonds. The number of halogens is 1. The van der Waals surface area contributed by atoms with Crippen molar-refractivity contribution in [1.82, 2.24) is 19.9 Å². The zero-order valence-corrected chi connectivity index (χ0v) is 17.7. The van der Waals surface area contributed by atoms with Crippen molar-refractivity contribution in [2.24, 2.45) is 5.92 Å². The maximum atomic E-state index is 12.7. The van der Waals surface area contributed by atoms with E-state index in [2.05, 4.69) is 19.9 Å². The Bertz CT molecular complexity index is 935. The molecule has 3 atom stereocenters. The van der Waals surface area contributed by atoms with Gasteiger partial charge < -0.3 is 10.0 Å². The van der Waals surface area contributed by atoms with Crippen LogP contribution in [0.4, 0.5) is 5.95 Å². The van der Waals surface area contributed by atoms with Crippen molar-refractivity contribution in [2.75, 3.05) is 30.3 Å². The van der Waals surface area contributed by atoms with E-state index in [1.165, 1.54) is 0 Å². The molecule has 2 aromatic heterocycles. The third-order valence-corrected chi connectivity index (χ3v) is 8.45. The highest BCUT2D eigenvalue weighted by molar-refractivity contribution is 7.85. The minimum atomic E-state index is -1.04. The largest absolute Gasteiger partial charge is 0.396 e. The molecule has 1 saturated carbocycles. The molecular weight excluding hydrogens is 410 g/mol. The molecule has 0 aromatic carbocycles. The van der Waals surface area contributed by atoms with Crippen molar-refractivity contribution in [3.63, 3.8) is 0 Å². The summed E-state index contributed by atoms with van der Waals surface area (Å²) in [6, 6.07) is 0. The Kier molecular flexibility index (Phi) is 5.04. The van der Waals surface area contributed by atoms with Gasteiger partial charge in [-0.2, -0.15) is 0 Å². The smallest absolute Gasteiger partial charge is 0.225 e. The van der Waals surface area contributed by atoms with Crippen molar-refractivity contribution in [3.8, 4) is 0 Å². The molecule has 4 heterocycles. The standard InChI is InChI=1S/C20H24ClN5O2S/c21-15-8-22-18(23-9-15)14-2-5-26(6-3-14)19-24-10-16-17(25-19)20(12-29(16)28)4-1-13(7-20)11-27/h8-10,13-14,27H,1-7,11-12H2/t13?,20?,29-/m1/s1. The van der Waals surface area contributed by atoms with E-state index in [4.69, 9.17) is 16.6 Å². The summed E-state index contributed by atoms with van der Waals surface area (Å²) in [6.45, 7) is 1.87. The number of hydrogen-bond acceptors (Lipinski definition) is 7. The molecule has 1 saturated heterocycles. The first-order valence-corrected chi connectivity index (χ1v) is 11.9. The normalized spacial score (nSPS) is 29.5. The fourth-order valence-electron chi connectivity index (χ4n) is 5.07. The van der Waals surface area contributed by atoms with Crippen LogP contribution in [0, 0.1) is 5.92 Å². The van der Waals surface area contributed by atoms with E-state index in [1.807, 2.05) is 0 Å². The predicted octanol–water partition coefficient (Wildman–Crippen LogP) is 2.46. The monoisotopic (exact) mass is 433 g/mol. The zero-order chi connectivity index (χ0) is 20.0. The van der Waals surface area contributed by atoms with E-state index >= 15 is 0 Å². The molecule has 1 N–H and O–H groups in total. The van der Waals surface area contributed by atoms with Gasteiger partial charge in [-0.05, 0) is 38.0 Å². The number of aliphatic hydroxyl groups is 1. The molecule has 7 nitrogen and oxygen atoms in total. The SMILES string of the molecule is O=[S@@]1CC2(CCC(CO)C2)c2nc(N3CCC(c4ncc(Cl)cn4)CC3)ncc21. The lowest BCUT2D eigenvalue weighted by molar-refractivity contribution is 0.224. The van der Waals surface area contributed by atoms with Gasteiger partial charge in [0.1, 0.15) is 5.82 Å². The van der Waals surface area contributed by atoms with Crippen LogP contribution in [-0.2, 0) is 16.2 Å². The molecule has 5 rings (SSSR count). The van der Waals surface area contributed by atoms with Gasteiger partial charge in [0.25, 0.3) is 0 Å². The average Bonchev–Trinajstić information content (AvgIpc) is 3.29. The summed E-state index contributed by atoms with van der Waals surface area (Å²) in [4.78, 5) is 21.2. The summed E-state index contributed by atoms with van der Waals surface area (Å²) in [5.41, 5.74) is 0.806. The van der Waals surface area contributed by atoms with Crippen LogP contribution in [0.25, 0.3) is 0 Å². The van der Waals surface area contributed by atoms with Gasteiger partial charge in [0.15, 0.2) is 0 Å². The summed E-state index contributed by atoms with van der Waals surface area (Å²) in [5.74, 6) is 2.79. The van der Waals surface area contributed by atoms with Gasteiger partial charge in [0.05, 0.1) is 26.4 Å². The van der Waals surface area contributed by atoms with Crippen molar-refractivity contribution in [2.45, 2.75) is 48.3 Å². The fourth-order valence-corrected chi connectivity index (χ4v) is 6.87. The maximum absolute atomic E-state index is 12.7. The van der Waals surface area contributed by atoms with Gasteiger partial charge in [0.2, 0.25) is 5.95 Å². The van der Waals surface area contributed by atoms with Gasteiger partial charge in [0, 0.05) is 55.4 Å². The summed E-state index contributed by atoms with van der Waals surface area (Å²) in [5, 5.41) is 10.1. The van der Waals surface area contributed by atoms with Crippen molar-refractivity contribution in [1.29, 1.82) is 0 Å². The Balaban J connectivity index is 1.34. The first-order chi connectivity index (χ1) is 14.1. The van der Waals surface area contributed by atoms with Crippen LogP contribution in [0.3, 0.4) is 0 Å². The Labute approximate surface area is 177 Å². The number of aliphatic hydroxyl groups excluding tert-OH is 1. The van der Waals surface area contributed by atoms with Crippen LogP contribution >= 0.6 is 11.6 Å². The van der Waals surface area contributed by atoms with E-state index in [0.29, 0.717) is 16.7 Å². The van der Waals surface area contributed by atoms with Crippen LogP contribution in [-0.4, -0.2) is 54.7 Å². The topological polar surface area (TPSA) is 92.1 Å². The Morgan fingerprint density at radius 1 is 1.17 bits per heavy atom. The summed E-state index contributed by atoms with van der Waals surface area (Å²) < 4.78 is 12.7. The highest BCUT2D eigenvalue weighted by Crippen LogP contribution is 2.50. The third-order valence-electron chi connectivity index (χ3n) is 6.65. The molecule has 9 heteroatoms. The van der Waals surface area contributed by atoms with Crippen LogP contribution in [0.1, 0.15) is 49.5 Å². The lowest BCUT2D eigenvalue weighted by atomic mass is 9.84. The molecular formula is C20H24ClN5O2S. The van der Waals surface area contributed by atoms with Gasteiger partial charge in [-0.3, -0.25) is 4.21 Å². The zero-order valence-electron chi connectivity index (χ0n) is 16.1. The number of piperidine rings is 1. The first-order valence-electron chi connectivity index (χ1n) is 10.2. The van der Waals surface area contributed by atoms with Crippen molar-refractivity contribution < 1.29 is 9.32 Å². The van der Waals surface area contributed by atoms with Gasteiger partial charge in [-0.1, -0.05) is 11.6 Å². The molecule has 0 radical (unpaired) electrons. The first kappa shape index (κ1) is 19.3. The summed E-state index contributed by atoms with van der Waals surface area (Å²) >= 11 is 5.89. The molecule has 154 valence electrons. The second-order valence-electron chi connectivity index (χ2n) is 8.47. The number of nitrogens with zero attached hydrogens (tertiary/aromatic N) is 5. The van der Waals surface area contributed by atoms with E-state index < -0.39 is 10.8 Å². The molecule has 2 aliphatic heterocycles. The predicted molar refractivity (Wildman–Crippen MR) is 111 cm³/mol. The molecule has 0 bridgehead atoms. The maximum Gasteiger partial charge on any atom is 0.225 e. The second-order valence-corrected chi connectivity index (χ2v) is 10.3. The van der Waals surface area contributed by atoms with E-state index in [0.717, 1.165) is 67.6 Å². The number of aromatic nitrogens is 4. The van der Waals surface area contributed by atoms with Crippen LogP contribution < -0.4 is 4.90 Å². The van der Waals surface area contributed by atoms with E-state index in [9.17, 15) is 9.32 Å². The molecule has 3 aliphatic rings. The highest BCUT2D eigenvalue weighted by atomic mass is 35.5. The summed E-state index contributed by atoms with van der Waals surface area (Å²) in [6.07, 6.45) is 9.74.